The second-order valence-corrected chi connectivity index (χ2v) is 4.08. The van der Waals surface area contributed by atoms with Crippen LogP contribution in [0.1, 0.15) is 74.1 Å². The fourth-order valence-electron chi connectivity index (χ4n) is 2.47. The highest BCUT2D eigenvalue weighted by Gasteiger charge is 2.43. The van der Waals surface area contributed by atoms with Crippen LogP contribution in [0.3, 0.4) is 0 Å². The summed E-state index contributed by atoms with van der Waals surface area (Å²) < 4.78 is 0. The number of nitrogens with one attached hydrogen (secondary N) is 1. The molecule has 100 valence electrons. The maximum atomic E-state index is 3.51. The minimum atomic E-state index is 0.748. The summed E-state index contributed by atoms with van der Waals surface area (Å²) in [6.07, 6.45) is 5.86. The zero-order chi connectivity index (χ0) is 13.0. The van der Waals surface area contributed by atoms with E-state index in [0.29, 0.717) is 0 Å². The van der Waals surface area contributed by atoms with Gasteiger partial charge in [-0.15, -0.1) is 0 Å². The van der Waals surface area contributed by atoms with Gasteiger partial charge in [-0.05, 0) is 43.6 Å². The second kappa shape index (κ2) is 11.4. The first kappa shape index (κ1) is 18.3. The molecule has 0 radical (unpaired) electrons. The molecule has 1 N–H and O–H groups in total. The van der Waals surface area contributed by atoms with Crippen LogP contribution in [0.2, 0.25) is 0 Å². The zero-order valence-corrected chi connectivity index (χ0v) is 12.8. The van der Waals surface area contributed by atoms with Gasteiger partial charge >= 0.3 is 0 Å². The van der Waals surface area contributed by atoms with Gasteiger partial charge in [-0.3, -0.25) is 0 Å². The maximum Gasteiger partial charge on any atom is 0.00104 e. The predicted molar refractivity (Wildman–Crippen MR) is 77.0 cm³/mol. The molecule has 2 fully saturated rings. The monoisotopic (exact) mass is 229 g/mol. The van der Waals surface area contributed by atoms with E-state index in [1.807, 2.05) is 41.5 Å². The topological polar surface area (TPSA) is 12.0 Å². The van der Waals surface area contributed by atoms with Gasteiger partial charge in [0.05, 0.1) is 0 Å². The first-order chi connectivity index (χ1) is 7.83. The number of rotatable bonds is 0. The standard InChI is InChI=1S/C9H17N.3C2H6/c1-8-3-5-9(8)4-2-6-10-7-9;3*1-2/h8,10H,2-7H2,1H3;3*1-2H3. The van der Waals surface area contributed by atoms with Crippen molar-refractivity contribution in [1.82, 2.24) is 5.32 Å². The lowest BCUT2D eigenvalue weighted by Crippen LogP contribution is -2.49. The molecule has 2 unspecified atom stereocenters. The number of piperidine rings is 1. The highest BCUT2D eigenvalue weighted by molar-refractivity contribution is 4.96. The van der Waals surface area contributed by atoms with Gasteiger partial charge in [0.2, 0.25) is 0 Å². The lowest BCUT2D eigenvalue weighted by molar-refractivity contribution is 0.0170. The van der Waals surface area contributed by atoms with Gasteiger partial charge < -0.3 is 5.32 Å². The summed E-state index contributed by atoms with van der Waals surface area (Å²) in [4.78, 5) is 0. The molecule has 1 nitrogen and oxygen atoms in total. The summed E-state index contributed by atoms with van der Waals surface area (Å²) >= 11 is 0. The Balaban J connectivity index is 0. The van der Waals surface area contributed by atoms with Crippen molar-refractivity contribution in [3.05, 3.63) is 0 Å². The van der Waals surface area contributed by atoms with E-state index < -0.39 is 0 Å². The molecular formula is C15H35N. The van der Waals surface area contributed by atoms with Gasteiger partial charge in [0.1, 0.15) is 0 Å². The van der Waals surface area contributed by atoms with Crippen LogP contribution in [0.5, 0.6) is 0 Å². The van der Waals surface area contributed by atoms with Crippen molar-refractivity contribution < 1.29 is 0 Å². The quantitative estimate of drug-likeness (QED) is 0.625. The SMILES string of the molecule is CC.CC.CC.CC1CCC12CCCNC2. The fourth-order valence-corrected chi connectivity index (χ4v) is 2.47. The molecule has 0 aromatic heterocycles. The Kier molecular flexibility index (Phi) is 13.1. The average molecular weight is 229 g/mol. The fraction of sp³-hybridized carbons (Fsp3) is 1.00. The molecule has 2 aliphatic rings. The van der Waals surface area contributed by atoms with Crippen LogP contribution < -0.4 is 5.32 Å². The molecule has 1 saturated carbocycles. The first-order valence-electron chi connectivity index (χ1n) is 7.54. The predicted octanol–water partition coefficient (Wildman–Crippen LogP) is 4.86. The highest BCUT2D eigenvalue weighted by atomic mass is 14.9. The summed E-state index contributed by atoms with van der Waals surface area (Å²) in [6, 6.07) is 0. The highest BCUT2D eigenvalue weighted by Crippen LogP contribution is 2.50. The minimum absolute atomic E-state index is 0.748. The van der Waals surface area contributed by atoms with Gasteiger partial charge in [-0.1, -0.05) is 48.5 Å². The number of hydrogen-bond acceptors (Lipinski definition) is 1. The summed E-state index contributed by atoms with van der Waals surface area (Å²) in [6.45, 7) is 17.0. The van der Waals surface area contributed by atoms with E-state index in [0.717, 1.165) is 11.3 Å². The molecule has 0 aromatic carbocycles. The zero-order valence-electron chi connectivity index (χ0n) is 12.8. The molecule has 1 aliphatic carbocycles. The Labute approximate surface area is 104 Å². The molecular weight excluding hydrogens is 194 g/mol. The number of hydrogen-bond donors (Lipinski definition) is 1. The molecule has 0 amide bonds. The van der Waals surface area contributed by atoms with E-state index in [1.165, 1.54) is 38.8 Å². The Morgan fingerprint density at radius 1 is 0.938 bits per heavy atom. The minimum Gasteiger partial charge on any atom is -0.316 e. The van der Waals surface area contributed by atoms with Crippen molar-refractivity contribution in [2.75, 3.05) is 13.1 Å². The lowest BCUT2D eigenvalue weighted by atomic mass is 9.58. The van der Waals surface area contributed by atoms with Gasteiger partial charge in [-0.25, -0.2) is 0 Å². The van der Waals surface area contributed by atoms with Crippen LogP contribution >= 0.6 is 0 Å². The van der Waals surface area contributed by atoms with Gasteiger partial charge in [0, 0.05) is 6.54 Å². The summed E-state index contributed by atoms with van der Waals surface area (Å²) in [5.74, 6) is 1.00. The average Bonchev–Trinajstić information content (AvgIpc) is 2.44. The smallest absolute Gasteiger partial charge is 0.00104 e. The first-order valence-corrected chi connectivity index (χ1v) is 7.54. The third-order valence-corrected chi connectivity index (χ3v) is 3.63. The Morgan fingerprint density at radius 2 is 1.50 bits per heavy atom. The molecule has 2 rings (SSSR count). The molecule has 1 heterocycles. The molecule has 1 heteroatoms. The molecule has 16 heavy (non-hydrogen) atoms. The molecule has 0 aromatic rings. The van der Waals surface area contributed by atoms with Gasteiger partial charge in [-0.2, -0.15) is 0 Å². The van der Waals surface area contributed by atoms with Crippen molar-refractivity contribution in [2.24, 2.45) is 11.3 Å². The molecule has 1 spiro atoms. The second-order valence-electron chi connectivity index (χ2n) is 4.08. The van der Waals surface area contributed by atoms with Crippen molar-refractivity contribution in [1.29, 1.82) is 0 Å². The van der Waals surface area contributed by atoms with Crippen molar-refractivity contribution in [3.8, 4) is 0 Å². The Morgan fingerprint density at radius 3 is 1.69 bits per heavy atom. The molecule has 1 saturated heterocycles. The van der Waals surface area contributed by atoms with Crippen LogP contribution in [0.25, 0.3) is 0 Å². The van der Waals surface area contributed by atoms with E-state index in [4.69, 9.17) is 0 Å². The van der Waals surface area contributed by atoms with Gasteiger partial charge in [0.25, 0.3) is 0 Å². The third kappa shape index (κ3) is 4.86. The van der Waals surface area contributed by atoms with Crippen LogP contribution in [-0.2, 0) is 0 Å². The summed E-state index contributed by atoms with van der Waals surface area (Å²) in [5, 5.41) is 3.51. The Hall–Kier alpha value is -0.0400. The van der Waals surface area contributed by atoms with E-state index >= 15 is 0 Å². The summed E-state index contributed by atoms with van der Waals surface area (Å²) in [7, 11) is 0. The van der Waals surface area contributed by atoms with Crippen LogP contribution in [0.4, 0.5) is 0 Å². The van der Waals surface area contributed by atoms with Crippen molar-refractivity contribution in [2.45, 2.75) is 74.1 Å². The molecule has 0 bridgehead atoms. The normalized spacial score (nSPS) is 30.6. The largest absolute Gasteiger partial charge is 0.316 e. The third-order valence-electron chi connectivity index (χ3n) is 3.63. The summed E-state index contributed by atoms with van der Waals surface area (Å²) in [5.41, 5.74) is 0.748. The maximum absolute atomic E-state index is 3.51. The molecule has 1 aliphatic heterocycles. The van der Waals surface area contributed by atoms with Gasteiger partial charge in [0.15, 0.2) is 0 Å². The van der Waals surface area contributed by atoms with Crippen molar-refractivity contribution in [3.63, 3.8) is 0 Å². The van der Waals surface area contributed by atoms with E-state index in [1.54, 1.807) is 0 Å². The lowest BCUT2D eigenvalue weighted by Gasteiger charge is -2.51. The van der Waals surface area contributed by atoms with E-state index in [-0.39, 0.29) is 0 Å². The van der Waals surface area contributed by atoms with E-state index in [9.17, 15) is 0 Å². The van der Waals surface area contributed by atoms with Crippen molar-refractivity contribution >= 4 is 0 Å². The van der Waals surface area contributed by atoms with Crippen LogP contribution in [0, 0.1) is 11.3 Å². The van der Waals surface area contributed by atoms with Crippen LogP contribution in [0.15, 0.2) is 0 Å². The Bertz CT molecular complexity index is 125. The molecule has 2 atom stereocenters. The van der Waals surface area contributed by atoms with Crippen LogP contribution in [-0.4, -0.2) is 13.1 Å². The van der Waals surface area contributed by atoms with E-state index in [2.05, 4.69) is 12.2 Å².